The molecule has 8 heteroatoms. The van der Waals surface area contributed by atoms with Gasteiger partial charge in [0, 0.05) is 12.6 Å². The van der Waals surface area contributed by atoms with E-state index in [4.69, 9.17) is 5.73 Å². The molecule has 0 saturated heterocycles. The van der Waals surface area contributed by atoms with Gasteiger partial charge >= 0.3 is 6.18 Å². The minimum atomic E-state index is -4.50. The van der Waals surface area contributed by atoms with E-state index in [1.807, 2.05) is 30.3 Å². The van der Waals surface area contributed by atoms with E-state index in [1.165, 1.54) is 6.07 Å². The van der Waals surface area contributed by atoms with E-state index in [2.05, 4.69) is 10.6 Å². The van der Waals surface area contributed by atoms with Gasteiger partial charge in [0.25, 0.3) is 0 Å². The lowest BCUT2D eigenvalue weighted by Gasteiger charge is -2.19. The molecule has 0 heterocycles. The topological polar surface area (TPSA) is 67.2 Å². The van der Waals surface area contributed by atoms with Crippen LogP contribution in [0, 0.1) is 5.92 Å². The Morgan fingerprint density at radius 3 is 2.26 bits per heavy atom. The number of halogens is 4. The van der Waals surface area contributed by atoms with Crippen molar-refractivity contribution in [2.45, 2.75) is 32.6 Å². The van der Waals surface area contributed by atoms with Crippen LogP contribution in [0.3, 0.4) is 0 Å². The number of nitrogens with two attached hydrogens (primary N) is 1. The maximum absolute atomic E-state index is 13.0. The van der Waals surface area contributed by atoms with Crippen LogP contribution < -0.4 is 16.4 Å². The highest BCUT2D eigenvalue weighted by Crippen LogP contribution is 2.34. The molecule has 0 radical (unpaired) electrons. The number of nitrogens with one attached hydrogen (secondary N) is 2. The number of anilines is 2. The minimum absolute atomic E-state index is 0. The number of benzene rings is 2. The molecule has 4 nitrogen and oxygen atoms in total. The van der Waals surface area contributed by atoms with Crippen molar-refractivity contribution in [1.82, 2.24) is 0 Å². The van der Waals surface area contributed by atoms with Gasteiger partial charge in [0.15, 0.2) is 0 Å². The fourth-order valence-corrected chi connectivity index (χ4v) is 2.26. The zero-order valence-corrected chi connectivity index (χ0v) is 15.8. The molecule has 148 valence electrons. The van der Waals surface area contributed by atoms with Crippen LogP contribution in [0.4, 0.5) is 24.5 Å². The summed E-state index contributed by atoms with van der Waals surface area (Å²) >= 11 is 0. The average Bonchev–Trinajstić information content (AvgIpc) is 2.59. The maximum atomic E-state index is 13.0. The third-order valence-corrected chi connectivity index (χ3v) is 4.13. The molecule has 0 saturated carbocycles. The molecule has 0 aliphatic carbocycles. The monoisotopic (exact) mass is 401 g/mol. The molecular formula is C19H23ClF3N3O. The van der Waals surface area contributed by atoms with Gasteiger partial charge in [-0.2, -0.15) is 13.2 Å². The molecule has 2 aromatic rings. The van der Waals surface area contributed by atoms with Crippen LogP contribution >= 0.6 is 12.4 Å². The Hall–Kier alpha value is -2.25. The number of hydrogen-bond donors (Lipinski definition) is 3. The summed E-state index contributed by atoms with van der Waals surface area (Å²) < 4.78 is 39.1. The second-order valence-electron chi connectivity index (χ2n) is 6.23. The van der Waals surface area contributed by atoms with E-state index in [9.17, 15) is 18.0 Å². The van der Waals surface area contributed by atoms with Crippen molar-refractivity contribution >= 4 is 29.7 Å². The number of hydrogen-bond acceptors (Lipinski definition) is 3. The summed E-state index contributed by atoms with van der Waals surface area (Å²) in [5.41, 5.74) is 6.33. The molecule has 0 fully saturated rings. The molecule has 1 amide bonds. The van der Waals surface area contributed by atoms with Crippen molar-refractivity contribution in [2.24, 2.45) is 11.7 Å². The number of carbonyl (C=O) groups excluding carboxylic acids is 1. The molecule has 2 unspecified atom stereocenters. The van der Waals surface area contributed by atoms with Crippen molar-refractivity contribution in [3.63, 3.8) is 0 Å². The second kappa shape index (κ2) is 9.62. The molecule has 2 atom stereocenters. The van der Waals surface area contributed by atoms with Crippen molar-refractivity contribution in [1.29, 1.82) is 0 Å². The highest BCUT2D eigenvalue weighted by Gasteiger charge is 2.31. The lowest BCUT2D eigenvalue weighted by Crippen LogP contribution is -2.34. The van der Waals surface area contributed by atoms with Crippen LogP contribution in [0.2, 0.25) is 0 Å². The Bertz CT molecular complexity index is 752. The molecule has 0 aliphatic rings. The summed E-state index contributed by atoms with van der Waals surface area (Å²) in [6.45, 7) is 3.72. The maximum Gasteiger partial charge on any atom is 0.416 e. The first-order valence-electron chi connectivity index (χ1n) is 8.24. The van der Waals surface area contributed by atoms with Gasteiger partial charge in [0.1, 0.15) is 0 Å². The van der Waals surface area contributed by atoms with Gasteiger partial charge in [0.2, 0.25) is 5.91 Å². The van der Waals surface area contributed by atoms with Gasteiger partial charge in [-0.05, 0) is 30.7 Å². The van der Waals surface area contributed by atoms with E-state index in [1.54, 1.807) is 13.8 Å². The number of alkyl halides is 3. The standard InChI is InChI=1S/C19H22F3N3O.ClH/c1-12(13(2)23)18(26)25-17-10-15(19(20,21)22)8-9-16(17)24-11-14-6-4-3-5-7-14;/h3-10,12-13,24H,11,23H2,1-2H3,(H,25,26);1H. The summed E-state index contributed by atoms with van der Waals surface area (Å²) in [5.74, 6) is -0.964. The van der Waals surface area contributed by atoms with Gasteiger partial charge in [-0.15, -0.1) is 12.4 Å². The zero-order valence-electron chi connectivity index (χ0n) is 15.0. The van der Waals surface area contributed by atoms with Gasteiger partial charge in [-0.25, -0.2) is 0 Å². The van der Waals surface area contributed by atoms with Crippen LogP contribution in [0.5, 0.6) is 0 Å². The van der Waals surface area contributed by atoms with Crippen LogP contribution in [0.1, 0.15) is 25.0 Å². The van der Waals surface area contributed by atoms with E-state index in [-0.39, 0.29) is 18.1 Å². The first-order chi connectivity index (χ1) is 12.2. The highest BCUT2D eigenvalue weighted by atomic mass is 35.5. The lowest BCUT2D eigenvalue weighted by atomic mass is 10.0. The molecule has 2 rings (SSSR count). The number of rotatable bonds is 6. The summed E-state index contributed by atoms with van der Waals surface area (Å²) in [7, 11) is 0. The molecule has 0 aromatic heterocycles. The molecule has 2 aromatic carbocycles. The van der Waals surface area contributed by atoms with Crippen LogP contribution in [0.15, 0.2) is 48.5 Å². The molecule has 27 heavy (non-hydrogen) atoms. The Labute approximate surface area is 162 Å². The normalized spacial score (nSPS) is 13.3. The van der Waals surface area contributed by atoms with E-state index in [0.29, 0.717) is 12.2 Å². The van der Waals surface area contributed by atoms with Crippen LogP contribution in [-0.2, 0) is 17.5 Å². The Balaban J connectivity index is 0.00000364. The third-order valence-electron chi connectivity index (χ3n) is 4.13. The number of carbonyl (C=O) groups is 1. The minimum Gasteiger partial charge on any atom is -0.379 e. The molecule has 0 bridgehead atoms. The van der Waals surface area contributed by atoms with Crippen molar-refractivity contribution in [3.8, 4) is 0 Å². The van der Waals surface area contributed by atoms with Crippen LogP contribution in [0.25, 0.3) is 0 Å². The van der Waals surface area contributed by atoms with E-state index >= 15 is 0 Å². The summed E-state index contributed by atoms with van der Waals surface area (Å²) in [6, 6.07) is 12.2. The van der Waals surface area contributed by atoms with Crippen molar-refractivity contribution in [2.75, 3.05) is 10.6 Å². The smallest absolute Gasteiger partial charge is 0.379 e. The predicted molar refractivity (Wildman–Crippen MR) is 104 cm³/mol. The van der Waals surface area contributed by atoms with Crippen LogP contribution in [-0.4, -0.2) is 11.9 Å². The Kier molecular flexibility index (Phi) is 8.12. The lowest BCUT2D eigenvalue weighted by molar-refractivity contribution is -0.137. The fraction of sp³-hybridized carbons (Fsp3) is 0.316. The first kappa shape index (κ1) is 22.8. The quantitative estimate of drug-likeness (QED) is 0.659. The Morgan fingerprint density at radius 1 is 1.07 bits per heavy atom. The summed E-state index contributed by atoms with van der Waals surface area (Å²) in [5, 5.41) is 5.63. The highest BCUT2D eigenvalue weighted by molar-refractivity contribution is 5.96. The summed E-state index contributed by atoms with van der Waals surface area (Å²) in [6.07, 6.45) is -4.50. The van der Waals surface area contributed by atoms with Crippen molar-refractivity contribution in [3.05, 3.63) is 59.7 Å². The molecule has 0 spiro atoms. The van der Waals surface area contributed by atoms with Gasteiger partial charge in [0.05, 0.1) is 22.9 Å². The fourth-order valence-electron chi connectivity index (χ4n) is 2.26. The van der Waals surface area contributed by atoms with E-state index < -0.39 is 29.6 Å². The van der Waals surface area contributed by atoms with Gasteiger partial charge in [-0.1, -0.05) is 37.3 Å². The Morgan fingerprint density at radius 2 is 1.70 bits per heavy atom. The van der Waals surface area contributed by atoms with Gasteiger partial charge in [-0.3, -0.25) is 4.79 Å². The second-order valence-corrected chi connectivity index (χ2v) is 6.23. The first-order valence-corrected chi connectivity index (χ1v) is 8.24. The summed E-state index contributed by atoms with van der Waals surface area (Å²) in [4.78, 5) is 12.2. The predicted octanol–water partition coefficient (Wildman–Crippen LogP) is 4.66. The SMILES string of the molecule is CC(N)C(C)C(=O)Nc1cc(C(F)(F)F)ccc1NCc1ccccc1.Cl. The third kappa shape index (κ3) is 6.45. The van der Waals surface area contributed by atoms with Crippen molar-refractivity contribution < 1.29 is 18.0 Å². The molecular weight excluding hydrogens is 379 g/mol. The van der Waals surface area contributed by atoms with E-state index in [0.717, 1.165) is 17.7 Å². The largest absolute Gasteiger partial charge is 0.416 e. The molecule has 0 aliphatic heterocycles. The zero-order chi connectivity index (χ0) is 19.3. The number of amides is 1. The average molecular weight is 402 g/mol. The van der Waals surface area contributed by atoms with Gasteiger partial charge < -0.3 is 16.4 Å². The molecule has 4 N–H and O–H groups in total.